The molecule has 3 aromatic rings. The van der Waals surface area contributed by atoms with Gasteiger partial charge in [0.2, 0.25) is 5.91 Å². The number of hydrogen-bond donors (Lipinski definition) is 1. The minimum absolute atomic E-state index is 0.183. The second kappa shape index (κ2) is 9.75. The molecule has 1 fully saturated rings. The molecule has 1 saturated heterocycles. The normalized spacial score (nSPS) is 16.7. The molecule has 0 aliphatic carbocycles. The highest BCUT2D eigenvalue weighted by Gasteiger charge is 2.38. The SMILES string of the molecule is CC(=O)N1C(=O)C(=C(Nc2ccc(CN3CCCC3)cc2)c2ccccc2)c2ccc([N+](=O)[O-])cc21. The first-order valence-electron chi connectivity index (χ1n) is 11.9. The lowest BCUT2D eigenvalue weighted by Crippen LogP contribution is -2.31. The Balaban J connectivity index is 1.58. The number of hydrogen-bond acceptors (Lipinski definition) is 6. The molecule has 0 radical (unpaired) electrons. The number of carbonyl (C=O) groups excluding carboxylic acids is 2. The first-order valence-corrected chi connectivity index (χ1v) is 11.9. The van der Waals surface area contributed by atoms with Gasteiger partial charge in [-0.2, -0.15) is 0 Å². The van der Waals surface area contributed by atoms with Crippen LogP contribution in [0.25, 0.3) is 11.3 Å². The van der Waals surface area contributed by atoms with Crippen LogP contribution in [0.1, 0.15) is 36.5 Å². The summed E-state index contributed by atoms with van der Waals surface area (Å²) in [5.41, 5.74) is 4.10. The third-order valence-corrected chi connectivity index (χ3v) is 6.57. The van der Waals surface area contributed by atoms with Crippen molar-refractivity contribution in [1.29, 1.82) is 0 Å². The fraction of sp³-hybridized carbons (Fsp3) is 0.214. The molecule has 0 atom stereocenters. The average molecular weight is 483 g/mol. The lowest BCUT2D eigenvalue weighted by molar-refractivity contribution is -0.384. The summed E-state index contributed by atoms with van der Waals surface area (Å²) in [6, 6.07) is 21.7. The molecule has 2 amide bonds. The largest absolute Gasteiger partial charge is 0.354 e. The van der Waals surface area contributed by atoms with Crippen LogP contribution in [0.4, 0.5) is 17.1 Å². The molecule has 2 aliphatic rings. The molecule has 3 aromatic carbocycles. The van der Waals surface area contributed by atoms with E-state index in [1.165, 1.54) is 43.5 Å². The van der Waals surface area contributed by atoms with E-state index >= 15 is 0 Å². The van der Waals surface area contributed by atoms with Gasteiger partial charge >= 0.3 is 0 Å². The third-order valence-electron chi connectivity index (χ3n) is 6.57. The number of imide groups is 1. The Morgan fingerprint density at radius 2 is 1.69 bits per heavy atom. The number of nitrogens with one attached hydrogen (secondary N) is 1. The fourth-order valence-corrected chi connectivity index (χ4v) is 4.84. The van der Waals surface area contributed by atoms with Crippen LogP contribution in [0.5, 0.6) is 0 Å². The molecule has 0 spiro atoms. The van der Waals surface area contributed by atoms with Gasteiger partial charge in [0, 0.05) is 36.9 Å². The highest BCUT2D eigenvalue weighted by molar-refractivity contribution is 6.43. The number of nitrogens with zero attached hydrogens (tertiary/aromatic N) is 3. The summed E-state index contributed by atoms with van der Waals surface area (Å²) in [6.07, 6.45) is 2.48. The van der Waals surface area contributed by atoms with E-state index in [0.29, 0.717) is 16.8 Å². The van der Waals surface area contributed by atoms with Gasteiger partial charge in [0.25, 0.3) is 11.6 Å². The van der Waals surface area contributed by atoms with Crippen molar-refractivity contribution >= 4 is 40.1 Å². The Morgan fingerprint density at radius 3 is 2.33 bits per heavy atom. The predicted octanol–water partition coefficient (Wildman–Crippen LogP) is 5.06. The molecule has 1 N–H and O–H groups in total. The van der Waals surface area contributed by atoms with Crippen molar-refractivity contribution < 1.29 is 14.5 Å². The van der Waals surface area contributed by atoms with E-state index < -0.39 is 16.7 Å². The summed E-state index contributed by atoms with van der Waals surface area (Å²) < 4.78 is 0. The first kappa shape index (κ1) is 23.4. The number of amides is 2. The minimum atomic E-state index is -0.537. The molecule has 0 saturated carbocycles. The molecule has 2 aliphatic heterocycles. The third kappa shape index (κ3) is 4.50. The average Bonchev–Trinajstić information content (AvgIpc) is 3.49. The van der Waals surface area contributed by atoms with Gasteiger partial charge in [0.05, 0.1) is 21.9 Å². The van der Waals surface area contributed by atoms with E-state index in [2.05, 4.69) is 22.3 Å². The van der Waals surface area contributed by atoms with Gasteiger partial charge in [-0.25, -0.2) is 4.90 Å². The number of nitro benzene ring substituents is 1. The van der Waals surface area contributed by atoms with E-state index in [4.69, 9.17) is 0 Å². The first-order chi connectivity index (χ1) is 17.4. The molecule has 0 bridgehead atoms. The Bertz CT molecular complexity index is 1360. The topological polar surface area (TPSA) is 95.8 Å². The van der Waals surface area contributed by atoms with E-state index in [1.54, 1.807) is 0 Å². The summed E-state index contributed by atoms with van der Waals surface area (Å²) >= 11 is 0. The van der Waals surface area contributed by atoms with Gasteiger partial charge in [0.15, 0.2) is 0 Å². The van der Waals surface area contributed by atoms with E-state index in [0.717, 1.165) is 35.8 Å². The molecule has 2 heterocycles. The van der Waals surface area contributed by atoms with Gasteiger partial charge in [-0.3, -0.25) is 24.6 Å². The van der Waals surface area contributed by atoms with Crippen LogP contribution in [0.2, 0.25) is 0 Å². The van der Waals surface area contributed by atoms with Crippen LogP contribution >= 0.6 is 0 Å². The molecule has 182 valence electrons. The monoisotopic (exact) mass is 482 g/mol. The summed E-state index contributed by atoms with van der Waals surface area (Å²) in [5.74, 6) is -1.02. The number of likely N-dealkylation sites (tertiary alicyclic amines) is 1. The van der Waals surface area contributed by atoms with Crippen molar-refractivity contribution in [3.63, 3.8) is 0 Å². The highest BCUT2D eigenvalue weighted by Crippen LogP contribution is 2.42. The molecular formula is C28H26N4O4. The lowest BCUT2D eigenvalue weighted by Gasteiger charge is -2.17. The number of non-ortho nitro benzene ring substituents is 1. The summed E-state index contributed by atoms with van der Waals surface area (Å²) in [4.78, 5) is 40.3. The van der Waals surface area contributed by atoms with Gasteiger partial charge in [0.1, 0.15) is 0 Å². The number of benzene rings is 3. The second-order valence-electron chi connectivity index (χ2n) is 9.04. The molecule has 5 rings (SSSR count). The predicted molar refractivity (Wildman–Crippen MR) is 139 cm³/mol. The van der Waals surface area contributed by atoms with Gasteiger partial charge in [-0.05, 0) is 55.3 Å². The van der Waals surface area contributed by atoms with Crippen molar-refractivity contribution in [3.05, 3.63) is 99.6 Å². The van der Waals surface area contributed by atoms with Crippen LogP contribution in [-0.4, -0.2) is 34.7 Å². The van der Waals surface area contributed by atoms with Crippen LogP contribution in [0.3, 0.4) is 0 Å². The summed E-state index contributed by atoms with van der Waals surface area (Å²) in [7, 11) is 0. The number of carbonyl (C=O) groups is 2. The molecule has 8 heteroatoms. The zero-order chi connectivity index (χ0) is 25.2. The lowest BCUT2D eigenvalue weighted by atomic mass is 9.99. The zero-order valence-corrected chi connectivity index (χ0v) is 19.9. The maximum absolute atomic E-state index is 13.6. The van der Waals surface area contributed by atoms with Crippen LogP contribution in [0.15, 0.2) is 72.8 Å². The van der Waals surface area contributed by atoms with E-state index in [1.807, 2.05) is 42.5 Å². The van der Waals surface area contributed by atoms with Crippen molar-refractivity contribution in [2.75, 3.05) is 23.3 Å². The Kier molecular flexibility index (Phi) is 6.35. The van der Waals surface area contributed by atoms with Crippen LogP contribution < -0.4 is 10.2 Å². The Labute approximate surface area is 209 Å². The maximum atomic E-state index is 13.6. The quantitative estimate of drug-likeness (QED) is 0.300. The number of rotatable bonds is 6. The minimum Gasteiger partial charge on any atom is -0.354 e. The summed E-state index contributed by atoms with van der Waals surface area (Å²) in [6.45, 7) is 4.43. The van der Waals surface area contributed by atoms with E-state index in [9.17, 15) is 19.7 Å². The summed E-state index contributed by atoms with van der Waals surface area (Å²) in [5, 5.41) is 14.8. The van der Waals surface area contributed by atoms with Gasteiger partial charge in [-0.15, -0.1) is 0 Å². The number of anilines is 2. The van der Waals surface area contributed by atoms with Crippen LogP contribution in [0, 0.1) is 10.1 Å². The Hall–Kier alpha value is -4.30. The molecule has 0 aromatic heterocycles. The maximum Gasteiger partial charge on any atom is 0.271 e. The fourth-order valence-electron chi connectivity index (χ4n) is 4.84. The molecule has 0 unspecified atom stereocenters. The number of nitro groups is 1. The highest BCUT2D eigenvalue weighted by atomic mass is 16.6. The van der Waals surface area contributed by atoms with E-state index in [-0.39, 0.29) is 11.4 Å². The molecular weight excluding hydrogens is 456 g/mol. The second-order valence-corrected chi connectivity index (χ2v) is 9.04. The smallest absolute Gasteiger partial charge is 0.271 e. The van der Waals surface area contributed by atoms with Crippen molar-refractivity contribution in [3.8, 4) is 0 Å². The van der Waals surface area contributed by atoms with Crippen molar-refractivity contribution in [2.45, 2.75) is 26.3 Å². The molecule has 8 nitrogen and oxygen atoms in total. The standard InChI is InChI=1S/C28H26N4O4/c1-19(33)31-25-17-23(32(35)36)13-14-24(25)26(28(31)34)27(21-7-3-2-4-8-21)29-22-11-9-20(10-12-22)18-30-15-5-6-16-30/h2-4,7-14,17,29H,5-6,15-16,18H2,1H3. The number of fused-ring (bicyclic) bond motifs is 1. The van der Waals surface area contributed by atoms with Crippen molar-refractivity contribution in [1.82, 2.24) is 4.90 Å². The Morgan fingerprint density at radius 1 is 1.00 bits per heavy atom. The zero-order valence-electron chi connectivity index (χ0n) is 19.9. The van der Waals surface area contributed by atoms with Crippen molar-refractivity contribution in [2.24, 2.45) is 0 Å². The molecule has 36 heavy (non-hydrogen) atoms. The van der Waals surface area contributed by atoms with Gasteiger partial charge in [-0.1, -0.05) is 42.5 Å². The van der Waals surface area contributed by atoms with Crippen LogP contribution in [-0.2, 0) is 16.1 Å². The van der Waals surface area contributed by atoms with Gasteiger partial charge < -0.3 is 5.32 Å².